The molecule has 0 spiro atoms. The summed E-state index contributed by atoms with van der Waals surface area (Å²) in [6.07, 6.45) is 6.60. The van der Waals surface area contributed by atoms with Crippen LogP contribution in [-0.4, -0.2) is 18.6 Å². The Hall–Kier alpha value is -0.710. The highest BCUT2D eigenvalue weighted by Gasteiger charge is 2.18. The molecule has 0 amide bonds. The van der Waals surface area contributed by atoms with Crippen LogP contribution in [0.1, 0.15) is 32.1 Å². The zero-order valence-corrected chi connectivity index (χ0v) is 12.6. The number of aromatic nitrogens is 1. The maximum atomic E-state index is 6.21. The second-order valence-electron chi connectivity index (χ2n) is 5.15. The van der Waals surface area contributed by atoms with Crippen LogP contribution in [0.2, 0.25) is 10.0 Å². The van der Waals surface area contributed by atoms with E-state index in [-0.39, 0.29) is 0 Å². The fourth-order valence-corrected chi connectivity index (χ4v) is 3.23. The SMILES string of the molecule is CN(CC1CCCCC1)c1nc(NN)c(Cl)cc1Cl. The Bertz CT molecular complexity index is 433. The average molecular weight is 303 g/mol. The summed E-state index contributed by atoms with van der Waals surface area (Å²) in [6.45, 7) is 0.971. The van der Waals surface area contributed by atoms with Crippen molar-refractivity contribution in [2.45, 2.75) is 32.1 Å². The molecule has 1 fully saturated rings. The van der Waals surface area contributed by atoms with Crippen LogP contribution in [0.3, 0.4) is 0 Å². The third-order valence-corrected chi connectivity index (χ3v) is 4.23. The molecule has 0 unspecified atom stereocenters. The second-order valence-corrected chi connectivity index (χ2v) is 5.97. The first-order valence-electron chi connectivity index (χ1n) is 6.65. The quantitative estimate of drug-likeness (QED) is 0.658. The predicted octanol–water partition coefficient (Wildman–Crippen LogP) is 3.69. The summed E-state index contributed by atoms with van der Waals surface area (Å²) in [6, 6.07) is 1.68. The summed E-state index contributed by atoms with van der Waals surface area (Å²) < 4.78 is 0. The van der Waals surface area contributed by atoms with E-state index < -0.39 is 0 Å². The van der Waals surface area contributed by atoms with E-state index in [1.54, 1.807) is 6.07 Å². The monoisotopic (exact) mass is 302 g/mol. The Labute approximate surface area is 124 Å². The Morgan fingerprint density at radius 2 is 2.00 bits per heavy atom. The van der Waals surface area contributed by atoms with Crippen molar-refractivity contribution < 1.29 is 0 Å². The molecular weight excluding hydrogens is 283 g/mol. The second kappa shape index (κ2) is 6.64. The molecule has 1 aliphatic rings. The highest BCUT2D eigenvalue weighted by molar-refractivity contribution is 6.37. The summed E-state index contributed by atoms with van der Waals surface area (Å²) in [4.78, 5) is 6.47. The zero-order valence-electron chi connectivity index (χ0n) is 11.1. The Kier molecular flexibility index (Phi) is 5.13. The van der Waals surface area contributed by atoms with Gasteiger partial charge in [-0.25, -0.2) is 10.8 Å². The van der Waals surface area contributed by atoms with Crippen molar-refractivity contribution in [1.29, 1.82) is 0 Å². The van der Waals surface area contributed by atoms with Gasteiger partial charge in [-0.3, -0.25) is 0 Å². The van der Waals surface area contributed by atoms with Gasteiger partial charge in [0.25, 0.3) is 0 Å². The smallest absolute Gasteiger partial charge is 0.161 e. The van der Waals surface area contributed by atoms with Crippen molar-refractivity contribution in [2.24, 2.45) is 11.8 Å². The summed E-state index contributed by atoms with van der Waals surface area (Å²) in [5.74, 6) is 7.30. The standard InChI is InChI=1S/C13H20Cl2N4/c1-19(8-9-5-3-2-4-6-9)13-11(15)7-10(14)12(17-13)18-16/h7,9H,2-6,8,16H2,1H3,(H,17,18). The number of pyridine rings is 1. The molecule has 1 heterocycles. The normalized spacial score (nSPS) is 16.4. The molecule has 0 atom stereocenters. The molecule has 19 heavy (non-hydrogen) atoms. The number of halogens is 2. The molecular formula is C13H20Cl2N4. The number of nitrogens with one attached hydrogen (secondary N) is 1. The summed E-state index contributed by atoms with van der Waals surface area (Å²) >= 11 is 12.2. The molecule has 1 aromatic rings. The Morgan fingerprint density at radius 3 is 2.63 bits per heavy atom. The summed E-state index contributed by atoms with van der Waals surface area (Å²) in [7, 11) is 2.01. The van der Waals surface area contributed by atoms with E-state index in [0.717, 1.165) is 18.3 Å². The number of hydrazine groups is 1. The molecule has 106 valence electrons. The first kappa shape index (κ1) is 14.7. The lowest BCUT2D eigenvalue weighted by atomic mass is 9.89. The minimum absolute atomic E-state index is 0.433. The molecule has 1 aromatic heterocycles. The number of nitrogens with two attached hydrogens (primary N) is 1. The van der Waals surface area contributed by atoms with Gasteiger partial charge in [0.1, 0.15) is 5.82 Å². The summed E-state index contributed by atoms with van der Waals surface area (Å²) in [5.41, 5.74) is 2.49. The molecule has 0 aromatic carbocycles. The fraction of sp³-hybridized carbons (Fsp3) is 0.615. The van der Waals surface area contributed by atoms with Crippen molar-refractivity contribution in [1.82, 2.24) is 4.98 Å². The number of rotatable bonds is 4. The van der Waals surface area contributed by atoms with Crippen LogP contribution >= 0.6 is 23.2 Å². The molecule has 6 heteroatoms. The number of hydrogen-bond donors (Lipinski definition) is 2. The van der Waals surface area contributed by atoms with E-state index in [1.165, 1.54) is 32.1 Å². The number of anilines is 2. The Balaban J connectivity index is 2.11. The van der Waals surface area contributed by atoms with Crippen molar-refractivity contribution in [2.75, 3.05) is 23.9 Å². The van der Waals surface area contributed by atoms with Gasteiger partial charge in [-0.2, -0.15) is 0 Å². The number of nitrogen functional groups attached to an aromatic ring is 1. The molecule has 1 aliphatic carbocycles. The van der Waals surface area contributed by atoms with E-state index in [0.29, 0.717) is 15.9 Å². The Morgan fingerprint density at radius 1 is 1.32 bits per heavy atom. The van der Waals surface area contributed by atoms with Crippen LogP contribution in [0.15, 0.2) is 6.07 Å². The lowest BCUT2D eigenvalue weighted by Crippen LogP contribution is -2.28. The van der Waals surface area contributed by atoms with Gasteiger partial charge in [-0.1, -0.05) is 42.5 Å². The lowest BCUT2D eigenvalue weighted by Gasteiger charge is -2.28. The van der Waals surface area contributed by atoms with Gasteiger partial charge in [0.05, 0.1) is 10.0 Å². The lowest BCUT2D eigenvalue weighted by molar-refractivity contribution is 0.361. The molecule has 1 saturated carbocycles. The zero-order chi connectivity index (χ0) is 13.8. The predicted molar refractivity (Wildman–Crippen MR) is 81.9 cm³/mol. The van der Waals surface area contributed by atoms with E-state index in [1.807, 2.05) is 7.05 Å². The van der Waals surface area contributed by atoms with E-state index >= 15 is 0 Å². The molecule has 0 bridgehead atoms. The maximum absolute atomic E-state index is 6.21. The van der Waals surface area contributed by atoms with Crippen LogP contribution in [0.4, 0.5) is 11.6 Å². The van der Waals surface area contributed by atoms with Crippen LogP contribution in [-0.2, 0) is 0 Å². The fourth-order valence-electron chi connectivity index (χ4n) is 2.67. The van der Waals surface area contributed by atoms with Gasteiger partial charge in [0.2, 0.25) is 0 Å². The van der Waals surface area contributed by atoms with Gasteiger partial charge in [0, 0.05) is 13.6 Å². The van der Waals surface area contributed by atoms with Crippen molar-refractivity contribution >= 4 is 34.8 Å². The minimum Gasteiger partial charge on any atom is -0.358 e. The molecule has 3 N–H and O–H groups in total. The van der Waals surface area contributed by atoms with Gasteiger partial charge < -0.3 is 10.3 Å². The number of nitrogens with zero attached hydrogens (tertiary/aromatic N) is 2. The third-order valence-electron chi connectivity index (χ3n) is 3.67. The minimum atomic E-state index is 0.433. The number of hydrogen-bond acceptors (Lipinski definition) is 4. The highest BCUT2D eigenvalue weighted by Crippen LogP contribution is 2.32. The summed E-state index contributed by atoms with van der Waals surface area (Å²) in [5, 5.41) is 0.990. The van der Waals surface area contributed by atoms with Crippen LogP contribution in [0, 0.1) is 5.92 Å². The topological polar surface area (TPSA) is 54.2 Å². The molecule has 0 saturated heterocycles. The molecule has 2 rings (SSSR count). The van der Waals surface area contributed by atoms with Gasteiger partial charge in [-0.15, -0.1) is 0 Å². The third kappa shape index (κ3) is 3.65. The van der Waals surface area contributed by atoms with Crippen molar-refractivity contribution in [3.8, 4) is 0 Å². The van der Waals surface area contributed by atoms with E-state index in [2.05, 4.69) is 15.3 Å². The van der Waals surface area contributed by atoms with Crippen LogP contribution in [0.25, 0.3) is 0 Å². The van der Waals surface area contributed by atoms with Gasteiger partial charge >= 0.3 is 0 Å². The average Bonchev–Trinajstić information content (AvgIpc) is 2.40. The first-order valence-corrected chi connectivity index (χ1v) is 7.41. The molecule has 0 radical (unpaired) electrons. The highest BCUT2D eigenvalue weighted by atomic mass is 35.5. The van der Waals surface area contributed by atoms with Gasteiger partial charge in [-0.05, 0) is 24.8 Å². The van der Waals surface area contributed by atoms with Gasteiger partial charge in [0.15, 0.2) is 5.82 Å². The molecule has 4 nitrogen and oxygen atoms in total. The molecule has 0 aliphatic heterocycles. The van der Waals surface area contributed by atoms with E-state index in [4.69, 9.17) is 29.0 Å². The first-order chi connectivity index (χ1) is 9.11. The maximum Gasteiger partial charge on any atom is 0.161 e. The van der Waals surface area contributed by atoms with Crippen molar-refractivity contribution in [3.63, 3.8) is 0 Å². The van der Waals surface area contributed by atoms with Crippen molar-refractivity contribution in [3.05, 3.63) is 16.1 Å². The van der Waals surface area contributed by atoms with Crippen LogP contribution in [0.5, 0.6) is 0 Å². The van der Waals surface area contributed by atoms with Crippen LogP contribution < -0.4 is 16.2 Å². The van der Waals surface area contributed by atoms with E-state index in [9.17, 15) is 0 Å². The largest absolute Gasteiger partial charge is 0.358 e.